The smallest absolute Gasteiger partial charge is 0.293 e. The quantitative estimate of drug-likeness (QED) is 0.367. The molecule has 0 aromatic heterocycles. The lowest BCUT2D eigenvalue weighted by molar-refractivity contribution is -0.134. The van der Waals surface area contributed by atoms with Crippen molar-refractivity contribution in [3.8, 4) is 5.75 Å². The molecule has 2 aromatic carbocycles. The molecule has 180 valence electrons. The van der Waals surface area contributed by atoms with Crippen molar-refractivity contribution in [2.45, 2.75) is 61.2 Å². The first-order chi connectivity index (χ1) is 15.9. The Morgan fingerprint density at radius 1 is 1.09 bits per heavy atom. The van der Waals surface area contributed by atoms with Gasteiger partial charge in [0, 0.05) is 12.8 Å². The van der Waals surface area contributed by atoms with Crippen LogP contribution < -0.4 is 10.1 Å². The van der Waals surface area contributed by atoms with Crippen LogP contribution in [-0.4, -0.2) is 45.4 Å². The van der Waals surface area contributed by atoms with Crippen LogP contribution in [-0.2, 0) is 25.8 Å². The Balaban J connectivity index is 1.85. The van der Waals surface area contributed by atoms with Crippen LogP contribution >= 0.6 is 0 Å². The molecule has 3 rings (SSSR count). The van der Waals surface area contributed by atoms with Crippen LogP contribution in [0.1, 0.15) is 44.6 Å². The van der Waals surface area contributed by atoms with Gasteiger partial charge in [-0.1, -0.05) is 25.5 Å². The van der Waals surface area contributed by atoms with E-state index in [1.807, 2.05) is 0 Å². The standard InChI is InChI=1S/C25H32FNO5S/c1-2-3-16-31-22-8-10-24(11-9-22)33(29,30)25(12-14-27-15-13-25)18-23(32-19-28)17-20-4-6-21(26)7-5-20/h4-11,19,23,27H,2-3,12-18H2,1H3. The van der Waals surface area contributed by atoms with E-state index in [1.54, 1.807) is 36.4 Å². The van der Waals surface area contributed by atoms with Gasteiger partial charge in [-0.2, -0.15) is 0 Å². The molecule has 1 aliphatic heterocycles. The molecule has 1 heterocycles. The Morgan fingerprint density at radius 2 is 1.76 bits per heavy atom. The van der Waals surface area contributed by atoms with Gasteiger partial charge in [0.05, 0.1) is 16.2 Å². The molecule has 0 radical (unpaired) electrons. The van der Waals surface area contributed by atoms with Gasteiger partial charge >= 0.3 is 0 Å². The normalized spacial score (nSPS) is 16.7. The summed E-state index contributed by atoms with van der Waals surface area (Å²) in [6, 6.07) is 12.5. The number of piperidine rings is 1. The molecule has 1 N–H and O–H groups in total. The zero-order valence-electron chi connectivity index (χ0n) is 19.0. The molecule has 0 spiro atoms. The zero-order valence-corrected chi connectivity index (χ0v) is 19.8. The highest BCUT2D eigenvalue weighted by molar-refractivity contribution is 7.92. The van der Waals surface area contributed by atoms with Crippen LogP contribution in [0.2, 0.25) is 0 Å². The molecule has 33 heavy (non-hydrogen) atoms. The van der Waals surface area contributed by atoms with Crippen LogP contribution in [0, 0.1) is 5.82 Å². The van der Waals surface area contributed by atoms with Crippen molar-refractivity contribution in [3.63, 3.8) is 0 Å². The summed E-state index contributed by atoms with van der Waals surface area (Å²) in [5.41, 5.74) is 0.776. The molecule has 1 aliphatic rings. The second-order valence-corrected chi connectivity index (χ2v) is 10.8. The third kappa shape index (κ3) is 6.32. The first-order valence-electron chi connectivity index (χ1n) is 11.4. The SMILES string of the molecule is CCCCOc1ccc(S(=O)(=O)C2(CC(Cc3ccc(F)cc3)OC=O)CCNCC2)cc1. The number of ether oxygens (including phenoxy) is 2. The molecule has 1 atom stereocenters. The van der Waals surface area contributed by atoms with E-state index in [2.05, 4.69) is 12.2 Å². The predicted octanol–water partition coefficient (Wildman–Crippen LogP) is 4.07. The highest BCUT2D eigenvalue weighted by Gasteiger charge is 2.47. The number of hydrogen-bond donors (Lipinski definition) is 1. The number of carbonyl (C=O) groups excluding carboxylic acids is 1. The first kappa shape index (κ1) is 25.2. The summed E-state index contributed by atoms with van der Waals surface area (Å²) >= 11 is 0. The van der Waals surface area contributed by atoms with Gasteiger partial charge in [0.25, 0.3) is 6.47 Å². The maximum Gasteiger partial charge on any atom is 0.293 e. The highest BCUT2D eigenvalue weighted by Crippen LogP contribution is 2.39. The van der Waals surface area contributed by atoms with E-state index in [0.29, 0.717) is 51.2 Å². The number of halogens is 1. The van der Waals surface area contributed by atoms with Gasteiger partial charge in [-0.05, 0) is 74.3 Å². The average Bonchev–Trinajstić information content (AvgIpc) is 2.82. The van der Waals surface area contributed by atoms with Gasteiger partial charge in [-0.25, -0.2) is 12.8 Å². The van der Waals surface area contributed by atoms with Gasteiger partial charge in [-0.3, -0.25) is 4.79 Å². The Morgan fingerprint density at radius 3 is 2.36 bits per heavy atom. The fraction of sp³-hybridized carbons (Fsp3) is 0.480. The number of hydrogen-bond acceptors (Lipinski definition) is 6. The number of nitrogens with one attached hydrogen (secondary N) is 1. The fourth-order valence-electron chi connectivity index (χ4n) is 4.31. The van der Waals surface area contributed by atoms with E-state index >= 15 is 0 Å². The van der Waals surface area contributed by atoms with E-state index in [9.17, 15) is 17.6 Å². The van der Waals surface area contributed by atoms with Crippen LogP contribution in [0.3, 0.4) is 0 Å². The molecule has 1 saturated heterocycles. The third-order valence-corrected chi connectivity index (χ3v) is 8.82. The summed E-state index contributed by atoms with van der Waals surface area (Å²) in [7, 11) is -3.73. The summed E-state index contributed by atoms with van der Waals surface area (Å²) in [6.07, 6.45) is 2.61. The number of carbonyl (C=O) groups is 1. The molecule has 0 bridgehead atoms. The maximum atomic E-state index is 13.9. The van der Waals surface area contributed by atoms with Gasteiger partial charge in [0.1, 0.15) is 17.7 Å². The molecule has 1 fully saturated rings. The van der Waals surface area contributed by atoms with E-state index in [0.717, 1.165) is 18.4 Å². The monoisotopic (exact) mass is 477 g/mol. The van der Waals surface area contributed by atoms with Crippen molar-refractivity contribution >= 4 is 16.3 Å². The van der Waals surface area contributed by atoms with Gasteiger partial charge in [-0.15, -0.1) is 0 Å². The van der Waals surface area contributed by atoms with Crippen molar-refractivity contribution < 1.29 is 27.1 Å². The number of sulfone groups is 1. The second kappa shape index (κ2) is 11.6. The molecule has 0 amide bonds. The highest BCUT2D eigenvalue weighted by atomic mass is 32.2. The molecule has 8 heteroatoms. The predicted molar refractivity (Wildman–Crippen MR) is 125 cm³/mol. The first-order valence-corrected chi connectivity index (χ1v) is 12.9. The number of unbranched alkanes of at least 4 members (excludes halogenated alkanes) is 1. The summed E-state index contributed by atoms with van der Waals surface area (Å²) < 4.78 is 50.9. The lowest BCUT2D eigenvalue weighted by Gasteiger charge is -2.39. The molecule has 0 aliphatic carbocycles. The van der Waals surface area contributed by atoms with Crippen LogP contribution in [0.25, 0.3) is 0 Å². The van der Waals surface area contributed by atoms with E-state index in [1.165, 1.54) is 12.1 Å². The Kier molecular flexibility index (Phi) is 8.86. The summed E-state index contributed by atoms with van der Waals surface area (Å²) in [5.74, 6) is 0.284. The maximum absolute atomic E-state index is 13.9. The summed E-state index contributed by atoms with van der Waals surface area (Å²) in [5, 5.41) is 3.23. The van der Waals surface area contributed by atoms with E-state index < -0.39 is 20.7 Å². The third-order valence-electron chi connectivity index (χ3n) is 6.21. The van der Waals surface area contributed by atoms with Crippen LogP contribution in [0.5, 0.6) is 5.75 Å². The van der Waals surface area contributed by atoms with Gasteiger partial charge in [0.2, 0.25) is 0 Å². The van der Waals surface area contributed by atoms with Crippen LogP contribution in [0.15, 0.2) is 53.4 Å². The minimum absolute atomic E-state index is 0.169. The largest absolute Gasteiger partial charge is 0.494 e. The lowest BCUT2D eigenvalue weighted by Crippen LogP contribution is -2.50. The second-order valence-electron chi connectivity index (χ2n) is 8.50. The van der Waals surface area contributed by atoms with Crippen molar-refractivity contribution in [3.05, 3.63) is 59.9 Å². The number of rotatable bonds is 12. The molecular formula is C25H32FNO5S. The Labute approximate surface area is 195 Å². The minimum Gasteiger partial charge on any atom is -0.494 e. The molecule has 6 nitrogen and oxygen atoms in total. The minimum atomic E-state index is -3.73. The lowest BCUT2D eigenvalue weighted by atomic mass is 9.88. The topological polar surface area (TPSA) is 81.7 Å². The molecule has 2 aromatic rings. The van der Waals surface area contributed by atoms with Gasteiger partial charge in [0.15, 0.2) is 9.84 Å². The van der Waals surface area contributed by atoms with Gasteiger partial charge < -0.3 is 14.8 Å². The molecular weight excluding hydrogens is 445 g/mol. The van der Waals surface area contributed by atoms with Crippen molar-refractivity contribution in [2.24, 2.45) is 0 Å². The zero-order chi connectivity index (χ0) is 23.7. The Bertz CT molecular complexity index is 986. The van der Waals surface area contributed by atoms with E-state index in [-0.39, 0.29) is 17.1 Å². The van der Waals surface area contributed by atoms with Crippen molar-refractivity contribution in [1.82, 2.24) is 5.32 Å². The molecule has 0 saturated carbocycles. The molecule has 1 unspecified atom stereocenters. The Hall–Kier alpha value is -2.45. The fourth-order valence-corrected chi connectivity index (χ4v) is 6.45. The van der Waals surface area contributed by atoms with Crippen molar-refractivity contribution in [1.29, 1.82) is 0 Å². The summed E-state index contributed by atoms with van der Waals surface area (Å²) in [6.45, 7) is 4.14. The van der Waals surface area contributed by atoms with E-state index in [4.69, 9.17) is 9.47 Å². The average molecular weight is 478 g/mol. The number of benzene rings is 2. The van der Waals surface area contributed by atoms with Crippen LogP contribution in [0.4, 0.5) is 4.39 Å². The summed E-state index contributed by atoms with van der Waals surface area (Å²) in [4.78, 5) is 11.4. The van der Waals surface area contributed by atoms with Crippen molar-refractivity contribution in [2.75, 3.05) is 19.7 Å².